The summed E-state index contributed by atoms with van der Waals surface area (Å²) in [6.45, 7) is 3.08. The smallest absolute Gasteiger partial charge is 0.135 e. The van der Waals surface area contributed by atoms with Crippen molar-refractivity contribution in [2.45, 2.75) is 13.8 Å². The summed E-state index contributed by atoms with van der Waals surface area (Å²) in [5.41, 5.74) is 0. The van der Waals surface area contributed by atoms with Gasteiger partial charge in [-0.2, -0.15) is 4.94 Å². The van der Waals surface area contributed by atoms with E-state index in [2.05, 4.69) is 4.94 Å². The highest BCUT2D eigenvalue weighted by Crippen LogP contribution is 1.94. The van der Waals surface area contributed by atoms with Gasteiger partial charge in [-0.05, 0) is 18.4 Å². The minimum absolute atomic E-state index is 0.338. The van der Waals surface area contributed by atoms with Gasteiger partial charge < -0.3 is 0 Å². The average molecular weight is 77.1 g/mol. The molecular formula is C3H6FO. The van der Waals surface area contributed by atoms with Crippen LogP contribution in [0.15, 0.2) is 0 Å². The van der Waals surface area contributed by atoms with Crippen molar-refractivity contribution in [1.29, 1.82) is 0 Å². The lowest BCUT2D eigenvalue weighted by Gasteiger charge is -1.85. The Morgan fingerprint density at radius 2 is 1.80 bits per heavy atom. The predicted molar refractivity (Wildman–Crippen MR) is 16.8 cm³/mol. The van der Waals surface area contributed by atoms with Crippen LogP contribution < -0.4 is 0 Å². The van der Waals surface area contributed by atoms with Crippen molar-refractivity contribution in [3.63, 3.8) is 0 Å². The second kappa shape index (κ2) is 2.15. The second-order valence-corrected chi connectivity index (χ2v) is 0.985. The molecule has 0 rings (SSSR count). The Kier molecular flexibility index (Phi) is 2.10. The van der Waals surface area contributed by atoms with Gasteiger partial charge in [0, 0.05) is 0 Å². The molecule has 0 aliphatic rings. The maximum absolute atomic E-state index is 10.6. The van der Waals surface area contributed by atoms with Crippen LogP contribution in [0.2, 0.25) is 0 Å². The first-order valence-corrected chi connectivity index (χ1v) is 1.36. The Hall–Kier alpha value is -0.110. The molecule has 0 aromatic carbocycles. The highest BCUT2D eigenvalue weighted by atomic mass is 19.3. The van der Waals surface area contributed by atoms with Gasteiger partial charge >= 0.3 is 0 Å². The van der Waals surface area contributed by atoms with E-state index in [1.807, 2.05) is 0 Å². The van der Waals surface area contributed by atoms with Crippen molar-refractivity contribution in [2.75, 3.05) is 0 Å². The first-order chi connectivity index (χ1) is 2.27. The molecule has 0 aliphatic heterocycles. The molecule has 0 unspecified atom stereocenters. The van der Waals surface area contributed by atoms with Crippen molar-refractivity contribution >= 4 is 0 Å². The fraction of sp³-hybridized carbons (Fsp3) is 0.667. The Morgan fingerprint density at radius 1 is 1.60 bits per heavy atom. The molecule has 0 fully saturated rings. The van der Waals surface area contributed by atoms with Crippen LogP contribution in [-0.4, -0.2) is 0 Å². The zero-order chi connectivity index (χ0) is 4.28. The van der Waals surface area contributed by atoms with Crippen LogP contribution in [-0.2, 0) is 4.94 Å². The lowest BCUT2D eigenvalue weighted by Crippen LogP contribution is -1.77. The minimum Gasteiger partial charge on any atom is -0.185 e. The molecule has 0 saturated carbocycles. The van der Waals surface area contributed by atoms with Crippen molar-refractivity contribution in [1.82, 2.24) is 0 Å². The van der Waals surface area contributed by atoms with E-state index in [1.54, 1.807) is 13.8 Å². The van der Waals surface area contributed by atoms with Crippen LogP contribution in [0.4, 0.5) is 4.53 Å². The van der Waals surface area contributed by atoms with Crippen LogP contribution in [0.3, 0.4) is 0 Å². The Labute approximate surface area is 30.6 Å². The summed E-state index contributed by atoms with van der Waals surface area (Å²) in [7, 11) is 0. The minimum atomic E-state index is 0.338. The van der Waals surface area contributed by atoms with Crippen molar-refractivity contribution in [3.05, 3.63) is 6.10 Å². The first-order valence-electron chi connectivity index (χ1n) is 1.36. The Morgan fingerprint density at radius 3 is 1.80 bits per heavy atom. The van der Waals surface area contributed by atoms with Gasteiger partial charge in [0.05, 0.1) is 0 Å². The summed E-state index contributed by atoms with van der Waals surface area (Å²) in [6.07, 6.45) is 0.338. The van der Waals surface area contributed by atoms with Crippen LogP contribution in [0.1, 0.15) is 13.8 Å². The van der Waals surface area contributed by atoms with Gasteiger partial charge in [0.1, 0.15) is 6.10 Å². The van der Waals surface area contributed by atoms with Gasteiger partial charge in [-0.25, -0.2) is 0 Å². The van der Waals surface area contributed by atoms with E-state index in [-0.39, 0.29) is 0 Å². The number of hydrogen-bond acceptors (Lipinski definition) is 1. The topological polar surface area (TPSA) is 9.23 Å². The normalized spacial score (nSPS) is 9.60. The molecule has 0 bridgehead atoms. The number of hydrogen-bond donors (Lipinski definition) is 0. The van der Waals surface area contributed by atoms with Gasteiger partial charge in [-0.15, -0.1) is 0 Å². The molecule has 2 heteroatoms. The zero-order valence-electron chi connectivity index (χ0n) is 3.29. The SMILES string of the molecule is C[C](C)OF. The molecule has 0 atom stereocenters. The summed E-state index contributed by atoms with van der Waals surface area (Å²) in [5, 5.41) is 0. The third kappa shape index (κ3) is 3.89. The second-order valence-electron chi connectivity index (χ2n) is 0.985. The molecule has 0 aromatic heterocycles. The third-order valence-electron chi connectivity index (χ3n) is 0.154. The van der Waals surface area contributed by atoms with Gasteiger partial charge in [-0.3, -0.25) is 0 Å². The standard InChI is InChI=1S/C3H6FO/c1-3(2)5-4/h1-2H3. The lowest BCUT2D eigenvalue weighted by molar-refractivity contribution is -0.116. The van der Waals surface area contributed by atoms with E-state index in [0.29, 0.717) is 6.10 Å². The van der Waals surface area contributed by atoms with Crippen LogP contribution in [0, 0.1) is 6.10 Å². The van der Waals surface area contributed by atoms with E-state index < -0.39 is 0 Å². The van der Waals surface area contributed by atoms with E-state index in [0.717, 1.165) is 0 Å². The molecule has 1 nitrogen and oxygen atoms in total. The largest absolute Gasteiger partial charge is 0.185 e. The van der Waals surface area contributed by atoms with Gasteiger partial charge in [-0.1, -0.05) is 0 Å². The van der Waals surface area contributed by atoms with E-state index in [4.69, 9.17) is 0 Å². The molecule has 0 aliphatic carbocycles. The van der Waals surface area contributed by atoms with Gasteiger partial charge in [0.25, 0.3) is 0 Å². The number of rotatable bonds is 1. The van der Waals surface area contributed by atoms with E-state index in [1.165, 1.54) is 0 Å². The average Bonchev–Trinajstić information content (AvgIpc) is 1.38. The fourth-order valence-electron chi connectivity index (χ4n) is 0. The fourth-order valence-corrected chi connectivity index (χ4v) is 0. The monoisotopic (exact) mass is 77.0 g/mol. The lowest BCUT2D eigenvalue weighted by atomic mass is 10.5. The molecule has 5 heavy (non-hydrogen) atoms. The molecule has 1 radical (unpaired) electrons. The van der Waals surface area contributed by atoms with Crippen molar-refractivity contribution in [2.24, 2.45) is 0 Å². The molecule has 0 heterocycles. The molecule has 31 valence electrons. The molecule has 0 saturated heterocycles. The van der Waals surface area contributed by atoms with Crippen molar-refractivity contribution < 1.29 is 9.47 Å². The molecular weight excluding hydrogens is 71.0 g/mol. The molecule has 0 spiro atoms. The molecule has 0 N–H and O–H groups in total. The Balaban J connectivity index is 2.54. The van der Waals surface area contributed by atoms with Gasteiger partial charge in [0.2, 0.25) is 0 Å². The maximum atomic E-state index is 10.6. The van der Waals surface area contributed by atoms with Crippen LogP contribution in [0.5, 0.6) is 0 Å². The summed E-state index contributed by atoms with van der Waals surface area (Å²) in [5.74, 6) is 0. The molecule has 0 amide bonds. The zero-order valence-corrected chi connectivity index (χ0v) is 3.29. The molecule has 0 aromatic rings. The summed E-state index contributed by atoms with van der Waals surface area (Å²) in [6, 6.07) is 0. The van der Waals surface area contributed by atoms with Gasteiger partial charge in [0.15, 0.2) is 0 Å². The van der Waals surface area contributed by atoms with Crippen molar-refractivity contribution in [3.8, 4) is 0 Å². The number of halogens is 1. The summed E-state index contributed by atoms with van der Waals surface area (Å²) in [4.78, 5) is 3.17. The highest BCUT2D eigenvalue weighted by Gasteiger charge is 1.86. The summed E-state index contributed by atoms with van der Waals surface area (Å²) >= 11 is 0. The van der Waals surface area contributed by atoms with E-state index >= 15 is 0 Å². The predicted octanol–water partition coefficient (Wildman–Crippen LogP) is 1.46. The quantitative estimate of drug-likeness (QED) is 0.460. The van der Waals surface area contributed by atoms with Crippen LogP contribution in [0.25, 0.3) is 0 Å². The Bertz CT molecular complexity index is 20.9. The first kappa shape index (κ1) is 4.89. The summed E-state index contributed by atoms with van der Waals surface area (Å²) < 4.78 is 10.6. The van der Waals surface area contributed by atoms with Crippen LogP contribution >= 0.6 is 0 Å². The third-order valence-corrected chi connectivity index (χ3v) is 0.154. The highest BCUT2D eigenvalue weighted by molar-refractivity contribution is 4.54. The van der Waals surface area contributed by atoms with E-state index in [9.17, 15) is 4.53 Å². The maximum Gasteiger partial charge on any atom is 0.135 e.